The van der Waals surface area contributed by atoms with Gasteiger partial charge in [-0.15, -0.1) is 0 Å². The molecule has 1 N–H and O–H groups in total. The number of halogens is 1. The Labute approximate surface area is 183 Å². The summed E-state index contributed by atoms with van der Waals surface area (Å²) >= 11 is 6.20. The zero-order valence-corrected chi connectivity index (χ0v) is 18.5. The van der Waals surface area contributed by atoms with E-state index < -0.39 is 0 Å². The molecule has 0 aliphatic carbocycles. The molecule has 1 saturated heterocycles. The number of piperidine rings is 1. The topological polar surface area (TPSA) is 58.6 Å². The fraction of sp³-hybridized carbons (Fsp3) is 0.417. The molecule has 3 rings (SSSR count). The van der Waals surface area contributed by atoms with Crippen molar-refractivity contribution < 1.29 is 14.3 Å². The Hall–Kier alpha value is -2.53. The van der Waals surface area contributed by atoms with E-state index in [1.165, 1.54) is 13.5 Å². The number of nitrogens with zero attached hydrogens (tertiary/aromatic N) is 1. The summed E-state index contributed by atoms with van der Waals surface area (Å²) in [6.45, 7) is 6.89. The van der Waals surface area contributed by atoms with Crippen LogP contribution in [0.2, 0.25) is 5.02 Å². The van der Waals surface area contributed by atoms with Crippen LogP contribution in [0.15, 0.2) is 42.5 Å². The highest BCUT2D eigenvalue weighted by molar-refractivity contribution is 6.31. The van der Waals surface area contributed by atoms with Gasteiger partial charge in [0.15, 0.2) is 0 Å². The lowest BCUT2D eigenvalue weighted by atomic mass is 9.91. The Morgan fingerprint density at radius 1 is 1.10 bits per heavy atom. The van der Waals surface area contributed by atoms with E-state index in [0.29, 0.717) is 41.0 Å². The van der Waals surface area contributed by atoms with Crippen LogP contribution in [0.4, 0.5) is 5.69 Å². The number of benzene rings is 2. The third kappa shape index (κ3) is 5.54. The molecule has 30 heavy (non-hydrogen) atoms. The van der Waals surface area contributed by atoms with Crippen molar-refractivity contribution in [2.45, 2.75) is 26.7 Å². The number of carbonyl (C=O) groups excluding carboxylic acids is 2. The van der Waals surface area contributed by atoms with Gasteiger partial charge < -0.3 is 15.0 Å². The number of anilines is 1. The van der Waals surface area contributed by atoms with E-state index in [-0.39, 0.29) is 11.9 Å². The Balaban J connectivity index is 1.65. The Bertz CT molecular complexity index is 888. The molecule has 0 radical (unpaired) electrons. The highest BCUT2D eigenvalue weighted by atomic mass is 35.5. The molecule has 0 saturated carbocycles. The first kappa shape index (κ1) is 22.2. The fourth-order valence-electron chi connectivity index (χ4n) is 4.17. The van der Waals surface area contributed by atoms with Crippen molar-refractivity contribution in [2.24, 2.45) is 11.8 Å². The predicted molar refractivity (Wildman–Crippen MR) is 120 cm³/mol. The van der Waals surface area contributed by atoms with E-state index in [1.54, 1.807) is 18.2 Å². The molecular weight excluding hydrogens is 400 g/mol. The minimum atomic E-state index is -0.357. The lowest BCUT2D eigenvalue weighted by Gasteiger charge is -2.37. The molecule has 0 bridgehead atoms. The summed E-state index contributed by atoms with van der Waals surface area (Å²) in [6.07, 6.45) is 1.88. The van der Waals surface area contributed by atoms with Crippen LogP contribution >= 0.6 is 11.6 Å². The molecule has 160 valence electrons. The van der Waals surface area contributed by atoms with Crippen LogP contribution in [0.1, 0.15) is 46.5 Å². The first-order valence-electron chi connectivity index (χ1n) is 10.4. The van der Waals surface area contributed by atoms with Crippen molar-refractivity contribution in [3.8, 4) is 0 Å². The van der Waals surface area contributed by atoms with Gasteiger partial charge in [0.05, 0.1) is 18.2 Å². The molecule has 0 spiro atoms. The number of carbonyl (C=O) groups is 2. The summed E-state index contributed by atoms with van der Waals surface area (Å²) in [5.74, 6) is 0.704. The second-order valence-corrected chi connectivity index (χ2v) is 8.64. The van der Waals surface area contributed by atoms with Crippen molar-refractivity contribution in [1.29, 1.82) is 0 Å². The molecule has 1 aliphatic rings. The number of rotatable bonds is 6. The van der Waals surface area contributed by atoms with Gasteiger partial charge in [0, 0.05) is 30.3 Å². The molecule has 2 aromatic carbocycles. The van der Waals surface area contributed by atoms with E-state index >= 15 is 0 Å². The molecule has 1 fully saturated rings. The minimum Gasteiger partial charge on any atom is -0.465 e. The predicted octanol–water partition coefficient (Wildman–Crippen LogP) is 4.58. The number of methoxy groups -OCH3 is 1. The van der Waals surface area contributed by atoms with E-state index in [9.17, 15) is 9.59 Å². The van der Waals surface area contributed by atoms with Crippen molar-refractivity contribution >= 4 is 29.2 Å². The average Bonchev–Trinajstić information content (AvgIpc) is 2.72. The highest BCUT2D eigenvalue weighted by Gasteiger charge is 2.25. The van der Waals surface area contributed by atoms with Crippen LogP contribution in [0, 0.1) is 11.8 Å². The summed E-state index contributed by atoms with van der Waals surface area (Å²) in [4.78, 5) is 26.8. The monoisotopic (exact) mass is 428 g/mol. The standard InChI is InChI=1S/C24H29ClN2O3/c1-16-12-17(2)15-27(14-16)22-9-8-20(25)13-21(22)23(28)26-11-10-18-4-6-19(7-5-18)24(29)30-3/h4-9,13,16-17H,10-12,14-15H2,1-3H3,(H,26,28)/t16-,17-/m0/s1. The molecule has 1 heterocycles. The summed E-state index contributed by atoms with van der Waals surface area (Å²) in [6, 6.07) is 12.8. The molecule has 2 atom stereocenters. The summed E-state index contributed by atoms with van der Waals surface area (Å²) in [5, 5.41) is 3.57. The Kier molecular flexibility index (Phi) is 7.38. The van der Waals surface area contributed by atoms with Gasteiger partial charge in [-0.1, -0.05) is 37.6 Å². The summed E-state index contributed by atoms with van der Waals surface area (Å²) in [7, 11) is 1.36. The second-order valence-electron chi connectivity index (χ2n) is 8.21. The number of hydrogen-bond donors (Lipinski definition) is 1. The largest absolute Gasteiger partial charge is 0.465 e. The van der Waals surface area contributed by atoms with E-state index in [4.69, 9.17) is 16.3 Å². The van der Waals surface area contributed by atoms with Crippen LogP contribution in [-0.4, -0.2) is 38.6 Å². The number of esters is 1. The zero-order chi connectivity index (χ0) is 21.7. The molecule has 5 nitrogen and oxygen atoms in total. The summed E-state index contributed by atoms with van der Waals surface area (Å²) in [5.41, 5.74) is 3.11. The zero-order valence-electron chi connectivity index (χ0n) is 17.8. The maximum absolute atomic E-state index is 12.9. The van der Waals surface area contributed by atoms with Gasteiger partial charge in [-0.05, 0) is 60.6 Å². The summed E-state index contributed by atoms with van der Waals surface area (Å²) < 4.78 is 4.71. The van der Waals surface area contributed by atoms with E-state index in [2.05, 4.69) is 24.1 Å². The first-order valence-corrected chi connectivity index (χ1v) is 10.7. The van der Waals surface area contributed by atoms with Gasteiger partial charge >= 0.3 is 5.97 Å². The number of hydrogen-bond acceptors (Lipinski definition) is 4. The average molecular weight is 429 g/mol. The molecule has 1 aliphatic heterocycles. The van der Waals surface area contributed by atoms with Gasteiger partial charge in [0.25, 0.3) is 5.91 Å². The molecule has 2 aromatic rings. The van der Waals surface area contributed by atoms with Crippen LogP contribution in [0.25, 0.3) is 0 Å². The quantitative estimate of drug-likeness (QED) is 0.684. The number of ether oxygens (including phenoxy) is 1. The lowest BCUT2D eigenvalue weighted by Crippen LogP contribution is -2.40. The van der Waals surface area contributed by atoms with Gasteiger partial charge in [0.1, 0.15) is 0 Å². The number of nitrogens with one attached hydrogen (secondary N) is 1. The smallest absolute Gasteiger partial charge is 0.337 e. The molecule has 1 amide bonds. The van der Waals surface area contributed by atoms with Crippen molar-refractivity contribution in [1.82, 2.24) is 5.32 Å². The fourth-order valence-corrected chi connectivity index (χ4v) is 4.34. The molecular formula is C24H29ClN2O3. The van der Waals surface area contributed by atoms with Gasteiger partial charge in [0.2, 0.25) is 0 Å². The molecule has 6 heteroatoms. The first-order chi connectivity index (χ1) is 14.4. The van der Waals surface area contributed by atoms with Crippen LogP contribution < -0.4 is 10.2 Å². The Morgan fingerprint density at radius 2 is 1.77 bits per heavy atom. The minimum absolute atomic E-state index is 0.121. The Morgan fingerprint density at radius 3 is 2.40 bits per heavy atom. The van der Waals surface area contributed by atoms with Crippen molar-refractivity contribution in [2.75, 3.05) is 31.6 Å². The van der Waals surface area contributed by atoms with E-state index in [1.807, 2.05) is 24.3 Å². The SMILES string of the molecule is COC(=O)c1ccc(CCNC(=O)c2cc(Cl)ccc2N2C[C@@H](C)C[C@H](C)C2)cc1. The van der Waals surface area contributed by atoms with E-state index in [0.717, 1.165) is 24.3 Å². The third-order valence-corrected chi connectivity index (χ3v) is 5.72. The maximum Gasteiger partial charge on any atom is 0.337 e. The van der Waals surface area contributed by atoms with Gasteiger partial charge in [-0.2, -0.15) is 0 Å². The normalized spacial score (nSPS) is 18.7. The second kappa shape index (κ2) is 9.98. The van der Waals surface area contributed by atoms with Gasteiger partial charge in [-0.3, -0.25) is 4.79 Å². The van der Waals surface area contributed by atoms with Crippen molar-refractivity contribution in [3.05, 3.63) is 64.2 Å². The lowest BCUT2D eigenvalue weighted by molar-refractivity contribution is 0.0600. The highest BCUT2D eigenvalue weighted by Crippen LogP contribution is 2.30. The maximum atomic E-state index is 12.9. The van der Waals surface area contributed by atoms with Crippen LogP contribution in [-0.2, 0) is 11.2 Å². The molecule has 0 aromatic heterocycles. The van der Waals surface area contributed by atoms with Crippen LogP contribution in [0.3, 0.4) is 0 Å². The molecule has 0 unspecified atom stereocenters. The van der Waals surface area contributed by atoms with Gasteiger partial charge in [-0.25, -0.2) is 4.79 Å². The van der Waals surface area contributed by atoms with Crippen LogP contribution in [0.5, 0.6) is 0 Å². The number of amides is 1. The van der Waals surface area contributed by atoms with Crippen molar-refractivity contribution in [3.63, 3.8) is 0 Å². The third-order valence-electron chi connectivity index (χ3n) is 5.49.